The van der Waals surface area contributed by atoms with E-state index >= 15 is 4.39 Å². The number of benzene rings is 1. The largest absolute Gasteiger partial charge is 0.266 e. The van der Waals surface area contributed by atoms with E-state index in [1.807, 2.05) is 0 Å². The van der Waals surface area contributed by atoms with Gasteiger partial charge in [0.25, 0.3) is 6.43 Å². The van der Waals surface area contributed by atoms with Gasteiger partial charge in [0, 0.05) is 0 Å². The molecule has 0 bridgehead atoms. The van der Waals surface area contributed by atoms with E-state index in [1.165, 1.54) is 32.1 Å². The van der Waals surface area contributed by atoms with Gasteiger partial charge in [-0.15, -0.1) is 0 Å². The molecule has 0 spiro atoms. The van der Waals surface area contributed by atoms with E-state index in [9.17, 15) is 8.78 Å². The highest BCUT2D eigenvalue weighted by Crippen LogP contribution is 2.39. The van der Waals surface area contributed by atoms with Crippen molar-refractivity contribution in [2.75, 3.05) is 0 Å². The highest BCUT2D eigenvalue weighted by atomic mass is 19.3. The van der Waals surface area contributed by atoms with Crippen molar-refractivity contribution in [1.82, 2.24) is 0 Å². The first-order chi connectivity index (χ1) is 14.0. The Balaban J connectivity index is 1.62. The van der Waals surface area contributed by atoms with Crippen molar-refractivity contribution in [3.63, 3.8) is 0 Å². The summed E-state index contributed by atoms with van der Waals surface area (Å²) in [7, 11) is 0. The highest BCUT2D eigenvalue weighted by Gasteiger charge is 2.27. The molecular formula is C26H37F3. The summed E-state index contributed by atoms with van der Waals surface area (Å²) in [6.07, 6.45) is 13.1. The predicted octanol–water partition coefficient (Wildman–Crippen LogP) is 8.76. The molecule has 1 aromatic rings. The van der Waals surface area contributed by atoms with Gasteiger partial charge in [0.1, 0.15) is 5.82 Å². The lowest BCUT2D eigenvalue weighted by molar-refractivity contribution is 0.144. The molecule has 0 radical (unpaired) electrons. The maximum absolute atomic E-state index is 15.0. The molecule has 162 valence electrons. The number of rotatable bonds is 7. The molecule has 2 saturated carbocycles. The lowest BCUT2D eigenvalue weighted by atomic mass is 9.78. The Hall–Kier alpha value is -1.25. The zero-order chi connectivity index (χ0) is 20.8. The molecule has 0 amide bonds. The van der Waals surface area contributed by atoms with E-state index in [-0.39, 0.29) is 11.5 Å². The normalized spacial score (nSPS) is 28.3. The van der Waals surface area contributed by atoms with Gasteiger partial charge in [-0.3, -0.25) is 0 Å². The lowest BCUT2D eigenvalue weighted by Gasteiger charge is -2.27. The van der Waals surface area contributed by atoms with Gasteiger partial charge in [0.15, 0.2) is 0 Å². The molecule has 29 heavy (non-hydrogen) atoms. The first kappa shape index (κ1) is 22.4. The molecule has 0 heterocycles. The fourth-order valence-electron chi connectivity index (χ4n) is 5.31. The molecule has 0 unspecified atom stereocenters. The first-order valence-electron chi connectivity index (χ1n) is 11.8. The third kappa shape index (κ3) is 5.89. The fourth-order valence-corrected chi connectivity index (χ4v) is 5.31. The Labute approximate surface area is 175 Å². The van der Waals surface area contributed by atoms with Gasteiger partial charge >= 0.3 is 0 Å². The van der Waals surface area contributed by atoms with Gasteiger partial charge in [0.05, 0.1) is 5.56 Å². The average molecular weight is 407 g/mol. The molecule has 3 rings (SSSR count). The molecule has 2 fully saturated rings. The summed E-state index contributed by atoms with van der Waals surface area (Å²) in [4.78, 5) is 0. The van der Waals surface area contributed by atoms with Crippen LogP contribution in [0.2, 0.25) is 0 Å². The van der Waals surface area contributed by atoms with Crippen molar-refractivity contribution in [3.05, 3.63) is 46.8 Å². The summed E-state index contributed by atoms with van der Waals surface area (Å²) < 4.78 is 42.5. The minimum absolute atomic E-state index is 0.0934. The van der Waals surface area contributed by atoms with Crippen LogP contribution in [-0.4, -0.2) is 0 Å². The summed E-state index contributed by atoms with van der Waals surface area (Å²) in [6, 6.07) is 3.55. The Bertz CT molecular complexity index is 663. The second-order valence-electron chi connectivity index (χ2n) is 9.45. The molecule has 0 nitrogen and oxygen atoms in total. The molecule has 2 aliphatic rings. The van der Waals surface area contributed by atoms with Gasteiger partial charge in [-0.25, -0.2) is 13.2 Å². The Morgan fingerprint density at radius 2 is 1.69 bits per heavy atom. The molecule has 0 aliphatic heterocycles. The number of hydrogen-bond acceptors (Lipinski definition) is 0. The molecule has 0 N–H and O–H groups in total. The SMILES string of the molecule is CCC1CCC(/C=C/CCc2ccc(C3CCC(C)CC3)c(F)c2C(F)F)CC1. The quantitative estimate of drug-likeness (QED) is 0.397. The molecule has 0 saturated heterocycles. The standard InChI is InChI=1S/C26H37F3/c1-3-19-10-12-20(13-11-19)6-4-5-7-22-16-17-23(25(27)24(22)26(28)29)21-14-8-18(2)9-15-21/h4,6,16-21,26H,3,5,7-15H2,1-2H3/b6-4+. The van der Waals surface area contributed by atoms with Gasteiger partial charge in [-0.1, -0.05) is 57.4 Å². The van der Waals surface area contributed by atoms with Crippen LogP contribution in [-0.2, 0) is 6.42 Å². The van der Waals surface area contributed by atoms with Crippen LogP contribution in [0.15, 0.2) is 24.3 Å². The second-order valence-corrected chi connectivity index (χ2v) is 9.45. The van der Waals surface area contributed by atoms with E-state index < -0.39 is 12.2 Å². The van der Waals surface area contributed by atoms with Crippen LogP contribution in [0.5, 0.6) is 0 Å². The Kier molecular flexibility index (Phi) is 8.26. The van der Waals surface area contributed by atoms with Crippen molar-refractivity contribution >= 4 is 0 Å². The Morgan fingerprint density at radius 1 is 1.00 bits per heavy atom. The topological polar surface area (TPSA) is 0 Å². The van der Waals surface area contributed by atoms with E-state index in [1.54, 1.807) is 12.1 Å². The zero-order valence-corrected chi connectivity index (χ0v) is 18.1. The average Bonchev–Trinajstić information content (AvgIpc) is 2.72. The maximum atomic E-state index is 15.0. The van der Waals surface area contributed by atoms with Crippen molar-refractivity contribution in [1.29, 1.82) is 0 Å². The number of aryl methyl sites for hydroxylation is 1. The van der Waals surface area contributed by atoms with Crippen molar-refractivity contribution < 1.29 is 13.2 Å². The van der Waals surface area contributed by atoms with Gasteiger partial charge in [-0.05, 0) is 86.2 Å². The first-order valence-corrected chi connectivity index (χ1v) is 11.8. The number of halogens is 3. The number of allylic oxidation sites excluding steroid dienone is 2. The molecule has 0 atom stereocenters. The van der Waals surface area contributed by atoms with Crippen LogP contribution in [0, 0.1) is 23.6 Å². The van der Waals surface area contributed by atoms with Crippen LogP contribution in [0.3, 0.4) is 0 Å². The summed E-state index contributed by atoms with van der Waals surface area (Å²) in [5, 5.41) is 0. The molecular weight excluding hydrogens is 369 g/mol. The van der Waals surface area contributed by atoms with Crippen LogP contribution in [0.4, 0.5) is 13.2 Å². The van der Waals surface area contributed by atoms with E-state index in [0.717, 1.165) is 31.6 Å². The predicted molar refractivity (Wildman–Crippen MR) is 115 cm³/mol. The second kappa shape index (κ2) is 10.7. The minimum atomic E-state index is -2.75. The fraction of sp³-hybridized carbons (Fsp3) is 0.692. The van der Waals surface area contributed by atoms with E-state index in [2.05, 4.69) is 26.0 Å². The van der Waals surface area contributed by atoms with Gasteiger partial charge < -0.3 is 0 Å². The van der Waals surface area contributed by atoms with Gasteiger partial charge in [-0.2, -0.15) is 0 Å². The summed E-state index contributed by atoms with van der Waals surface area (Å²) in [6.45, 7) is 4.48. The van der Waals surface area contributed by atoms with Crippen molar-refractivity contribution in [2.24, 2.45) is 17.8 Å². The van der Waals surface area contributed by atoms with Crippen LogP contribution >= 0.6 is 0 Å². The van der Waals surface area contributed by atoms with E-state index in [0.29, 0.717) is 35.8 Å². The summed E-state index contributed by atoms with van der Waals surface area (Å²) in [5.41, 5.74) is 0.641. The minimum Gasteiger partial charge on any atom is -0.206 e. The summed E-state index contributed by atoms with van der Waals surface area (Å²) >= 11 is 0. The van der Waals surface area contributed by atoms with Crippen LogP contribution < -0.4 is 0 Å². The van der Waals surface area contributed by atoms with Gasteiger partial charge in [0.2, 0.25) is 0 Å². The van der Waals surface area contributed by atoms with Crippen LogP contribution in [0.1, 0.15) is 107 Å². The zero-order valence-electron chi connectivity index (χ0n) is 18.1. The smallest absolute Gasteiger partial charge is 0.206 e. The molecule has 3 heteroatoms. The molecule has 2 aliphatic carbocycles. The third-order valence-electron chi connectivity index (χ3n) is 7.43. The third-order valence-corrected chi connectivity index (χ3v) is 7.43. The number of alkyl halides is 2. The monoisotopic (exact) mass is 406 g/mol. The van der Waals surface area contributed by atoms with Crippen LogP contribution in [0.25, 0.3) is 0 Å². The highest BCUT2D eigenvalue weighted by molar-refractivity contribution is 5.37. The summed E-state index contributed by atoms with van der Waals surface area (Å²) in [5.74, 6) is 1.61. The maximum Gasteiger partial charge on any atom is 0.266 e. The molecule has 1 aromatic carbocycles. The molecule has 0 aromatic heterocycles. The van der Waals surface area contributed by atoms with Crippen molar-refractivity contribution in [2.45, 2.75) is 96.8 Å². The van der Waals surface area contributed by atoms with Crippen molar-refractivity contribution in [3.8, 4) is 0 Å². The van der Waals surface area contributed by atoms with E-state index in [4.69, 9.17) is 0 Å². The Morgan fingerprint density at radius 3 is 2.31 bits per heavy atom. The lowest BCUT2D eigenvalue weighted by Crippen LogP contribution is -2.14. The number of hydrogen-bond donors (Lipinski definition) is 0.